The highest BCUT2D eigenvalue weighted by atomic mass is 16.5. The van der Waals surface area contributed by atoms with E-state index in [0.717, 1.165) is 25.0 Å². The number of methoxy groups -OCH3 is 1. The maximum absolute atomic E-state index is 12.7. The average molecular weight is 300 g/mol. The molecular weight excluding hydrogens is 280 g/mol. The number of carbonyl (C=O) groups is 1. The predicted molar refractivity (Wildman–Crippen MR) is 82.0 cm³/mol. The third-order valence-electron chi connectivity index (χ3n) is 4.42. The van der Waals surface area contributed by atoms with Gasteiger partial charge in [-0.2, -0.15) is 0 Å². The largest absolute Gasteiger partial charge is 0.496 e. The summed E-state index contributed by atoms with van der Waals surface area (Å²) >= 11 is 0. The van der Waals surface area contributed by atoms with Gasteiger partial charge in [0.15, 0.2) is 0 Å². The molecule has 5 heteroatoms. The summed E-state index contributed by atoms with van der Waals surface area (Å²) in [7, 11) is 3.53. The van der Waals surface area contributed by atoms with Gasteiger partial charge in [0.05, 0.1) is 18.8 Å². The van der Waals surface area contributed by atoms with E-state index in [1.54, 1.807) is 18.9 Å². The summed E-state index contributed by atoms with van der Waals surface area (Å²) in [6.45, 7) is 1.78. The Hall–Kier alpha value is -2.30. The Morgan fingerprint density at radius 1 is 1.45 bits per heavy atom. The number of benzene rings is 1. The zero-order chi connectivity index (χ0) is 15.7. The number of fused-ring (bicyclic) bond motifs is 1. The Morgan fingerprint density at radius 3 is 2.95 bits per heavy atom. The van der Waals surface area contributed by atoms with Crippen LogP contribution in [0.25, 0.3) is 0 Å². The summed E-state index contributed by atoms with van der Waals surface area (Å²) in [6, 6.07) is 6.11. The molecule has 1 aromatic heterocycles. The number of hydrogen-bond acceptors (Lipinski definition) is 4. The lowest BCUT2D eigenvalue weighted by molar-refractivity contribution is 0.0713. The van der Waals surface area contributed by atoms with E-state index in [1.165, 1.54) is 17.4 Å². The molecule has 0 spiro atoms. The SMILES string of the molecule is COc1cccc2c1CCCC2N(C)C(=O)c1conc1C. The number of rotatable bonds is 3. The van der Waals surface area contributed by atoms with Crippen molar-refractivity contribution in [2.45, 2.75) is 32.2 Å². The molecule has 3 rings (SSSR count). The van der Waals surface area contributed by atoms with Crippen molar-refractivity contribution in [1.82, 2.24) is 10.1 Å². The summed E-state index contributed by atoms with van der Waals surface area (Å²) in [4.78, 5) is 14.5. The Bertz CT molecular complexity index is 693. The second-order valence-corrected chi connectivity index (χ2v) is 5.67. The van der Waals surface area contributed by atoms with Crippen molar-refractivity contribution >= 4 is 5.91 Å². The maximum atomic E-state index is 12.7. The number of carbonyl (C=O) groups excluding carboxylic acids is 1. The van der Waals surface area contributed by atoms with Gasteiger partial charge >= 0.3 is 0 Å². The van der Waals surface area contributed by atoms with Gasteiger partial charge in [0, 0.05) is 7.05 Å². The Kier molecular flexibility index (Phi) is 3.88. The van der Waals surface area contributed by atoms with E-state index < -0.39 is 0 Å². The molecule has 0 fully saturated rings. The van der Waals surface area contributed by atoms with Gasteiger partial charge in [-0.3, -0.25) is 4.79 Å². The van der Waals surface area contributed by atoms with Crippen LogP contribution in [0.2, 0.25) is 0 Å². The molecule has 0 radical (unpaired) electrons. The number of aromatic nitrogens is 1. The average Bonchev–Trinajstić information content (AvgIpc) is 2.98. The molecule has 1 aliphatic rings. The minimum Gasteiger partial charge on any atom is -0.496 e. The fourth-order valence-corrected chi connectivity index (χ4v) is 3.21. The summed E-state index contributed by atoms with van der Waals surface area (Å²) in [6.07, 6.45) is 4.40. The van der Waals surface area contributed by atoms with Crippen molar-refractivity contribution in [2.24, 2.45) is 0 Å². The molecule has 1 aromatic carbocycles. The van der Waals surface area contributed by atoms with Crippen LogP contribution in [0.1, 0.15) is 46.1 Å². The third kappa shape index (κ3) is 2.36. The molecule has 1 amide bonds. The molecule has 0 bridgehead atoms. The van der Waals surface area contributed by atoms with Crippen molar-refractivity contribution in [3.63, 3.8) is 0 Å². The van der Waals surface area contributed by atoms with E-state index in [2.05, 4.69) is 11.2 Å². The van der Waals surface area contributed by atoms with E-state index in [-0.39, 0.29) is 11.9 Å². The monoisotopic (exact) mass is 300 g/mol. The van der Waals surface area contributed by atoms with Crippen LogP contribution in [0.5, 0.6) is 5.75 Å². The van der Waals surface area contributed by atoms with Crippen LogP contribution in [0.4, 0.5) is 0 Å². The molecule has 0 N–H and O–H groups in total. The standard InChI is InChI=1S/C17H20N2O3/c1-11-14(10-22-18-11)17(20)19(2)15-8-4-7-13-12(15)6-5-9-16(13)21-3/h5-6,9-10,15H,4,7-8H2,1-3H3. The zero-order valence-electron chi connectivity index (χ0n) is 13.1. The Balaban J connectivity index is 1.94. The van der Waals surface area contributed by atoms with Crippen molar-refractivity contribution in [2.75, 3.05) is 14.2 Å². The third-order valence-corrected chi connectivity index (χ3v) is 4.42. The van der Waals surface area contributed by atoms with E-state index in [0.29, 0.717) is 11.3 Å². The van der Waals surface area contributed by atoms with Crippen LogP contribution in [-0.4, -0.2) is 30.1 Å². The van der Waals surface area contributed by atoms with Gasteiger partial charge < -0.3 is 14.2 Å². The van der Waals surface area contributed by atoms with Crippen LogP contribution >= 0.6 is 0 Å². The van der Waals surface area contributed by atoms with Crippen LogP contribution in [0.3, 0.4) is 0 Å². The van der Waals surface area contributed by atoms with Gasteiger partial charge in [0.1, 0.15) is 17.6 Å². The molecule has 22 heavy (non-hydrogen) atoms. The van der Waals surface area contributed by atoms with Gasteiger partial charge in [-0.05, 0) is 43.4 Å². The first-order valence-electron chi connectivity index (χ1n) is 7.47. The van der Waals surface area contributed by atoms with Crippen LogP contribution in [0, 0.1) is 6.92 Å². The minimum atomic E-state index is -0.0561. The zero-order valence-corrected chi connectivity index (χ0v) is 13.1. The quantitative estimate of drug-likeness (QED) is 0.874. The molecule has 0 aliphatic heterocycles. The summed E-state index contributed by atoms with van der Waals surface area (Å²) in [5.74, 6) is 0.851. The molecular formula is C17H20N2O3. The number of nitrogens with zero attached hydrogens (tertiary/aromatic N) is 2. The fourth-order valence-electron chi connectivity index (χ4n) is 3.21. The minimum absolute atomic E-state index is 0.0561. The second-order valence-electron chi connectivity index (χ2n) is 5.67. The van der Waals surface area contributed by atoms with Gasteiger partial charge in [-0.1, -0.05) is 17.3 Å². The number of amides is 1. The molecule has 0 saturated heterocycles. The van der Waals surface area contributed by atoms with Crippen molar-refractivity contribution < 1.29 is 14.1 Å². The van der Waals surface area contributed by atoms with E-state index >= 15 is 0 Å². The van der Waals surface area contributed by atoms with Crippen LogP contribution in [0.15, 0.2) is 29.0 Å². The number of hydrogen-bond donors (Lipinski definition) is 0. The molecule has 1 aliphatic carbocycles. The van der Waals surface area contributed by atoms with Crippen LogP contribution < -0.4 is 4.74 Å². The van der Waals surface area contributed by atoms with Crippen molar-refractivity contribution in [3.8, 4) is 5.75 Å². The normalized spacial score (nSPS) is 17.0. The topological polar surface area (TPSA) is 55.6 Å². The summed E-state index contributed by atoms with van der Waals surface area (Å²) in [5, 5.41) is 3.79. The molecule has 1 unspecified atom stereocenters. The van der Waals surface area contributed by atoms with Gasteiger partial charge in [-0.15, -0.1) is 0 Å². The molecule has 5 nitrogen and oxygen atoms in total. The number of ether oxygens (including phenoxy) is 1. The molecule has 116 valence electrons. The van der Waals surface area contributed by atoms with Gasteiger partial charge in [0.2, 0.25) is 0 Å². The lowest BCUT2D eigenvalue weighted by Crippen LogP contribution is -2.33. The van der Waals surface area contributed by atoms with Gasteiger partial charge in [0.25, 0.3) is 5.91 Å². The van der Waals surface area contributed by atoms with Crippen LogP contribution in [-0.2, 0) is 6.42 Å². The predicted octanol–water partition coefficient (Wildman–Crippen LogP) is 3.14. The maximum Gasteiger partial charge on any atom is 0.259 e. The first kappa shape index (κ1) is 14.6. The fraction of sp³-hybridized carbons (Fsp3) is 0.412. The lowest BCUT2D eigenvalue weighted by atomic mass is 9.86. The Labute approximate surface area is 129 Å². The molecule has 0 saturated carbocycles. The summed E-state index contributed by atoms with van der Waals surface area (Å²) < 4.78 is 10.4. The first-order valence-corrected chi connectivity index (χ1v) is 7.47. The smallest absolute Gasteiger partial charge is 0.259 e. The highest BCUT2D eigenvalue weighted by Gasteiger charge is 2.30. The van der Waals surface area contributed by atoms with Crippen molar-refractivity contribution in [3.05, 3.63) is 46.8 Å². The highest BCUT2D eigenvalue weighted by Crippen LogP contribution is 2.38. The number of aryl methyl sites for hydroxylation is 1. The molecule has 1 atom stereocenters. The Morgan fingerprint density at radius 2 is 2.27 bits per heavy atom. The highest BCUT2D eigenvalue weighted by molar-refractivity contribution is 5.95. The molecule has 2 aromatic rings. The lowest BCUT2D eigenvalue weighted by Gasteiger charge is -2.33. The van der Waals surface area contributed by atoms with E-state index in [9.17, 15) is 4.79 Å². The van der Waals surface area contributed by atoms with Crippen molar-refractivity contribution in [1.29, 1.82) is 0 Å². The van der Waals surface area contributed by atoms with E-state index in [4.69, 9.17) is 9.26 Å². The van der Waals surface area contributed by atoms with E-state index in [1.807, 2.05) is 19.2 Å². The molecule has 1 heterocycles. The van der Waals surface area contributed by atoms with Gasteiger partial charge in [-0.25, -0.2) is 0 Å². The summed E-state index contributed by atoms with van der Waals surface area (Å²) in [5.41, 5.74) is 3.54. The first-order chi connectivity index (χ1) is 10.6. The second kappa shape index (κ2) is 5.83.